The van der Waals surface area contributed by atoms with E-state index in [4.69, 9.17) is 26.8 Å². The van der Waals surface area contributed by atoms with E-state index >= 15 is 0 Å². The van der Waals surface area contributed by atoms with Gasteiger partial charge in [-0.05, 0) is 35.2 Å². The number of unbranched alkanes of at least 4 members (excludes halogenated alkanes) is 5. The Morgan fingerprint density at radius 1 is 0.686 bits per heavy atom. The van der Waals surface area contributed by atoms with E-state index in [0.29, 0.717) is 13.2 Å². The number of ether oxygens (including phenoxy) is 3. The smallest absolute Gasteiger partial charge is 0.143 e. The standard InChI is InChI=1S/C31H40O3S/c1-3-4-5-6-7-14-23-33-24-30(35)25-34-31(26-15-10-8-11-16-26,27-17-12-9-13-18-27)28-19-21-29(32-2)22-20-28/h8-13,15-22,30,35H,3-7,14,23-25H2,1-2H3/t30-/m0/s1. The zero-order valence-electron chi connectivity index (χ0n) is 21.2. The number of hydrogen-bond acceptors (Lipinski definition) is 4. The molecule has 0 N–H and O–H groups in total. The second-order valence-electron chi connectivity index (χ2n) is 8.95. The average Bonchev–Trinajstić information content (AvgIpc) is 2.92. The molecule has 0 unspecified atom stereocenters. The quantitative estimate of drug-likeness (QED) is 0.126. The molecule has 0 aliphatic rings. The molecule has 3 nitrogen and oxygen atoms in total. The lowest BCUT2D eigenvalue weighted by atomic mass is 9.80. The summed E-state index contributed by atoms with van der Waals surface area (Å²) in [7, 11) is 1.68. The van der Waals surface area contributed by atoms with Crippen LogP contribution in [0.25, 0.3) is 0 Å². The van der Waals surface area contributed by atoms with Gasteiger partial charge in [-0.25, -0.2) is 0 Å². The molecule has 0 heterocycles. The van der Waals surface area contributed by atoms with E-state index in [9.17, 15) is 0 Å². The minimum absolute atomic E-state index is 0.0276. The van der Waals surface area contributed by atoms with Crippen LogP contribution in [-0.4, -0.2) is 32.2 Å². The van der Waals surface area contributed by atoms with E-state index in [2.05, 4.69) is 67.6 Å². The predicted octanol–water partition coefficient (Wildman–Crippen LogP) is 7.68. The van der Waals surface area contributed by atoms with Crippen LogP contribution in [0.3, 0.4) is 0 Å². The fourth-order valence-corrected chi connectivity index (χ4v) is 4.57. The van der Waals surface area contributed by atoms with E-state index in [1.54, 1.807) is 7.11 Å². The van der Waals surface area contributed by atoms with Crippen LogP contribution in [0.1, 0.15) is 62.1 Å². The number of thiol groups is 1. The second kappa shape index (κ2) is 15.0. The maximum Gasteiger partial charge on any atom is 0.143 e. The van der Waals surface area contributed by atoms with Crippen LogP contribution < -0.4 is 4.74 Å². The topological polar surface area (TPSA) is 27.7 Å². The summed E-state index contributed by atoms with van der Waals surface area (Å²) in [6.45, 7) is 4.05. The summed E-state index contributed by atoms with van der Waals surface area (Å²) in [5, 5.41) is -0.0276. The van der Waals surface area contributed by atoms with Gasteiger partial charge in [-0.3, -0.25) is 0 Å². The van der Waals surface area contributed by atoms with E-state index in [0.717, 1.165) is 35.5 Å². The molecule has 0 aromatic heterocycles. The van der Waals surface area contributed by atoms with Crippen molar-refractivity contribution in [2.24, 2.45) is 0 Å². The summed E-state index contributed by atoms with van der Waals surface area (Å²) in [4.78, 5) is 0. The average molecular weight is 493 g/mol. The van der Waals surface area contributed by atoms with Crippen molar-refractivity contribution in [3.05, 3.63) is 102 Å². The molecular weight excluding hydrogens is 452 g/mol. The van der Waals surface area contributed by atoms with Gasteiger partial charge in [0.25, 0.3) is 0 Å². The van der Waals surface area contributed by atoms with Gasteiger partial charge in [-0.15, -0.1) is 0 Å². The van der Waals surface area contributed by atoms with Crippen LogP contribution in [0.5, 0.6) is 5.75 Å². The fourth-order valence-electron chi connectivity index (χ4n) is 4.39. The molecule has 0 aliphatic heterocycles. The first-order valence-corrected chi connectivity index (χ1v) is 13.4. The highest BCUT2D eigenvalue weighted by atomic mass is 32.1. The van der Waals surface area contributed by atoms with Crippen LogP contribution in [0, 0.1) is 0 Å². The molecule has 0 saturated carbocycles. The lowest BCUT2D eigenvalue weighted by Crippen LogP contribution is -2.35. The molecular formula is C31H40O3S. The lowest BCUT2D eigenvalue weighted by Gasteiger charge is -2.36. The zero-order valence-corrected chi connectivity index (χ0v) is 22.1. The first-order valence-electron chi connectivity index (χ1n) is 12.9. The number of hydrogen-bond donors (Lipinski definition) is 1. The number of rotatable bonds is 16. The monoisotopic (exact) mass is 492 g/mol. The van der Waals surface area contributed by atoms with E-state index in [-0.39, 0.29) is 5.25 Å². The Bertz CT molecular complexity index is 904. The van der Waals surface area contributed by atoms with E-state index in [1.807, 2.05) is 24.3 Å². The Morgan fingerprint density at radius 3 is 1.80 bits per heavy atom. The van der Waals surface area contributed by atoms with Crippen LogP contribution in [0.2, 0.25) is 0 Å². The largest absolute Gasteiger partial charge is 0.497 e. The summed E-state index contributed by atoms with van der Waals surface area (Å²) >= 11 is 4.81. The summed E-state index contributed by atoms with van der Waals surface area (Å²) in [5.74, 6) is 0.818. The molecule has 0 radical (unpaired) electrons. The van der Waals surface area contributed by atoms with Gasteiger partial charge >= 0.3 is 0 Å². The molecule has 188 valence electrons. The third-order valence-electron chi connectivity index (χ3n) is 6.30. The molecule has 35 heavy (non-hydrogen) atoms. The van der Waals surface area contributed by atoms with Crippen LogP contribution in [-0.2, 0) is 15.1 Å². The molecule has 0 aliphatic carbocycles. The SMILES string of the molecule is CCCCCCCCOC[C@H](S)COC(c1ccccc1)(c1ccccc1)c1ccc(OC)cc1. The van der Waals surface area contributed by atoms with Crippen molar-refractivity contribution in [2.75, 3.05) is 26.9 Å². The van der Waals surface area contributed by atoms with Gasteiger partial charge in [0, 0.05) is 11.9 Å². The first-order chi connectivity index (χ1) is 17.2. The Labute approximate surface area is 217 Å². The minimum atomic E-state index is -0.769. The molecule has 0 fully saturated rings. The highest BCUT2D eigenvalue weighted by Crippen LogP contribution is 2.41. The van der Waals surface area contributed by atoms with Crippen molar-refractivity contribution in [3.8, 4) is 5.75 Å². The van der Waals surface area contributed by atoms with Crippen molar-refractivity contribution < 1.29 is 14.2 Å². The van der Waals surface area contributed by atoms with E-state index in [1.165, 1.54) is 32.1 Å². The van der Waals surface area contributed by atoms with Crippen LogP contribution in [0.15, 0.2) is 84.9 Å². The molecule has 4 heteroatoms. The van der Waals surface area contributed by atoms with Crippen molar-refractivity contribution >= 4 is 12.6 Å². The lowest BCUT2D eigenvalue weighted by molar-refractivity contribution is 0.00269. The van der Waals surface area contributed by atoms with Crippen molar-refractivity contribution in [2.45, 2.75) is 56.3 Å². The minimum Gasteiger partial charge on any atom is -0.497 e. The highest BCUT2D eigenvalue weighted by molar-refractivity contribution is 7.81. The van der Waals surface area contributed by atoms with Crippen molar-refractivity contribution in [1.82, 2.24) is 0 Å². The molecule has 3 aromatic carbocycles. The summed E-state index contributed by atoms with van der Waals surface area (Å²) < 4.78 is 18.2. The normalized spacial score (nSPS) is 12.4. The van der Waals surface area contributed by atoms with Crippen LogP contribution in [0.4, 0.5) is 0 Å². The van der Waals surface area contributed by atoms with Gasteiger partial charge in [0.2, 0.25) is 0 Å². The molecule has 0 spiro atoms. The molecule has 3 aromatic rings. The maximum atomic E-state index is 6.85. The summed E-state index contributed by atoms with van der Waals surface area (Å²) in [6, 6.07) is 28.9. The third-order valence-corrected chi connectivity index (χ3v) is 6.60. The zero-order chi connectivity index (χ0) is 24.8. The van der Waals surface area contributed by atoms with Gasteiger partial charge < -0.3 is 14.2 Å². The van der Waals surface area contributed by atoms with E-state index < -0.39 is 5.60 Å². The molecule has 0 bridgehead atoms. The molecule has 1 atom stereocenters. The van der Waals surface area contributed by atoms with Crippen molar-refractivity contribution in [1.29, 1.82) is 0 Å². The van der Waals surface area contributed by atoms with Gasteiger partial charge in [0.05, 0.1) is 20.3 Å². The second-order valence-corrected chi connectivity index (χ2v) is 9.68. The highest BCUT2D eigenvalue weighted by Gasteiger charge is 2.38. The Morgan fingerprint density at radius 2 is 1.23 bits per heavy atom. The Balaban J connectivity index is 1.75. The Kier molecular flexibility index (Phi) is 11.7. The predicted molar refractivity (Wildman–Crippen MR) is 149 cm³/mol. The first kappa shape index (κ1) is 27.3. The Hall–Kier alpha value is -2.27. The third kappa shape index (κ3) is 7.86. The van der Waals surface area contributed by atoms with Gasteiger partial charge in [0.15, 0.2) is 0 Å². The van der Waals surface area contributed by atoms with Gasteiger partial charge in [0.1, 0.15) is 11.4 Å². The fraction of sp³-hybridized carbons (Fsp3) is 0.419. The molecule has 0 amide bonds. The van der Waals surface area contributed by atoms with Crippen LogP contribution >= 0.6 is 12.6 Å². The summed E-state index contributed by atoms with van der Waals surface area (Å²) in [5.41, 5.74) is 2.42. The van der Waals surface area contributed by atoms with Crippen molar-refractivity contribution in [3.63, 3.8) is 0 Å². The summed E-state index contributed by atoms with van der Waals surface area (Å²) in [6.07, 6.45) is 7.57. The number of benzene rings is 3. The van der Waals surface area contributed by atoms with Gasteiger partial charge in [-0.2, -0.15) is 12.6 Å². The molecule has 0 saturated heterocycles. The molecule has 3 rings (SSSR count). The maximum absolute atomic E-state index is 6.85. The number of methoxy groups -OCH3 is 1. The van der Waals surface area contributed by atoms with Gasteiger partial charge in [-0.1, -0.05) is 112 Å².